The van der Waals surface area contributed by atoms with Crippen molar-refractivity contribution in [3.63, 3.8) is 0 Å². The van der Waals surface area contributed by atoms with Crippen LogP contribution >= 0.6 is 0 Å². The number of hydrogen-bond acceptors (Lipinski definition) is 6. The standard InChI is InChI=1S/C11H17N3O5S/c1-2-13(6-3-7-15)20(18,19)11-5-4-9(14(16)17)8-10(11)12/h4-5,8,15H,2-3,6-7,12H2,1H3. The summed E-state index contributed by atoms with van der Waals surface area (Å²) in [7, 11) is -3.82. The van der Waals surface area contributed by atoms with Crippen LogP contribution in [-0.4, -0.2) is 42.4 Å². The average Bonchev–Trinajstić information content (AvgIpc) is 2.38. The van der Waals surface area contributed by atoms with Crippen molar-refractivity contribution in [3.8, 4) is 0 Å². The van der Waals surface area contributed by atoms with E-state index in [1.54, 1.807) is 6.92 Å². The highest BCUT2D eigenvalue weighted by atomic mass is 32.2. The first kappa shape index (κ1) is 16.3. The molecule has 0 aliphatic heterocycles. The Morgan fingerprint density at radius 3 is 2.55 bits per heavy atom. The summed E-state index contributed by atoms with van der Waals surface area (Å²) in [4.78, 5) is 9.80. The Labute approximate surface area is 117 Å². The quantitative estimate of drug-likeness (QED) is 0.430. The van der Waals surface area contributed by atoms with Crippen molar-refractivity contribution in [2.24, 2.45) is 0 Å². The molecule has 1 aromatic rings. The fraction of sp³-hybridized carbons (Fsp3) is 0.455. The van der Waals surface area contributed by atoms with Gasteiger partial charge in [0.2, 0.25) is 10.0 Å². The zero-order valence-corrected chi connectivity index (χ0v) is 11.8. The molecule has 0 saturated heterocycles. The van der Waals surface area contributed by atoms with E-state index in [2.05, 4.69) is 0 Å². The number of non-ortho nitro benzene ring substituents is 1. The van der Waals surface area contributed by atoms with Crippen molar-refractivity contribution in [1.29, 1.82) is 0 Å². The van der Waals surface area contributed by atoms with E-state index >= 15 is 0 Å². The highest BCUT2D eigenvalue weighted by Crippen LogP contribution is 2.26. The van der Waals surface area contributed by atoms with Crippen LogP contribution in [0.4, 0.5) is 11.4 Å². The maximum Gasteiger partial charge on any atom is 0.271 e. The van der Waals surface area contributed by atoms with Gasteiger partial charge in [-0.15, -0.1) is 0 Å². The molecule has 0 bridgehead atoms. The highest BCUT2D eigenvalue weighted by molar-refractivity contribution is 7.89. The number of sulfonamides is 1. The molecule has 0 atom stereocenters. The number of hydrogen-bond donors (Lipinski definition) is 2. The summed E-state index contributed by atoms with van der Waals surface area (Å²) in [5.74, 6) is 0. The van der Waals surface area contributed by atoms with Crippen molar-refractivity contribution in [2.75, 3.05) is 25.4 Å². The largest absolute Gasteiger partial charge is 0.397 e. The number of nitrogens with two attached hydrogens (primary N) is 1. The summed E-state index contributed by atoms with van der Waals surface area (Å²) < 4.78 is 25.9. The molecule has 1 rings (SSSR count). The van der Waals surface area contributed by atoms with Gasteiger partial charge in [-0.2, -0.15) is 4.31 Å². The van der Waals surface area contributed by atoms with E-state index in [1.807, 2.05) is 0 Å². The second-order valence-corrected chi connectivity index (χ2v) is 5.96. The molecule has 0 amide bonds. The summed E-state index contributed by atoms with van der Waals surface area (Å²) in [6.07, 6.45) is 0.306. The minimum atomic E-state index is -3.82. The van der Waals surface area contributed by atoms with Crippen molar-refractivity contribution in [2.45, 2.75) is 18.2 Å². The van der Waals surface area contributed by atoms with Crippen LogP contribution < -0.4 is 5.73 Å². The number of nitrogen functional groups attached to an aromatic ring is 1. The van der Waals surface area contributed by atoms with Gasteiger partial charge in [0.25, 0.3) is 5.69 Å². The third kappa shape index (κ3) is 3.44. The maximum atomic E-state index is 12.4. The van der Waals surface area contributed by atoms with E-state index < -0.39 is 14.9 Å². The molecule has 0 aliphatic carbocycles. The number of nitro benzene ring substituents is 1. The van der Waals surface area contributed by atoms with E-state index in [-0.39, 0.29) is 36.0 Å². The van der Waals surface area contributed by atoms with Crippen molar-refractivity contribution >= 4 is 21.4 Å². The van der Waals surface area contributed by atoms with Gasteiger partial charge in [-0.3, -0.25) is 10.1 Å². The van der Waals surface area contributed by atoms with Crippen molar-refractivity contribution in [1.82, 2.24) is 4.31 Å². The highest BCUT2D eigenvalue weighted by Gasteiger charge is 2.26. The van der Waals surface area contributed by atoms with Crippen molar-refractivity contribution in [3.05, 3.63) is 28.3 Å². The minimum Gasteiger partial charge on any atom is -0.397 e. The Balaban J connectivity index is 3.17. The predicted molar refractivity (Wildman–Crippen MR) is 73.6 cm³/mol. The van der Waals surface area contributed by atoms with E-state index in [1.165, 1.54) is 4.31 Å². The van der Waals surface area contributed by atoms with Crippen LogP contribution in [0.25, 0.3) is 0 Å². The lowest BCUT2D eigenvalue weighted by Gasteiger charge is -2.20. The monoisotopic (exact) mass is 303 g/mol. The number of nitro groups is 1. The molecular formula is C11H17N3O5S. The summed E-state index contributed by atoms with van der Waals surface area (Å²) in [5.41, 5.74) is 5.18. The molecule has 9 heteroatoms. The Bertz CT molecular complexity index is 588. The van der Waals surface area contributed by atoms with Crippen LogP contribution in [0, 0.1) is 10.1 Å². The lowest BCUT2D eigenvalue weighted by molar-refractivity contribution is -0.384. The van der Waals surface area contributed by atoms with Gasteiger partial charge in [0, 0.05) is 31.8 Å². The van der Waals surface area contributed by atoms with Crippen LogP contribution in [0.1, 0.15) is 13.3 Å². The molecule has 0 heterocycles. The third-order valence-corrected chi connectivity index (χ3v) is 4.79. The molecule has 0 fully saturated rings. The molecule has 1 aromatic carbocycles. The van der Waals surface area contributed by atoms with E-state index in [0.29, 0.717) is 6.42 Å². The van der Waals surface area contributed by atoms with E-state index in [4.69, 9.17) is 10.8 Å². The second-order valence-electron chi connectivity index (χ2n) is 4.05. The lowest BCUT2D eigenvalue weighted by Crippen LogP contribution is -2.32. The van der Waals surface area contributed by atoms with E-state index in [0.717, 1.165) is 18.2 Å². The van der Waals surface area contributed by atoms with Gasteiger partial charge >= 0.3 is 0 Å². The first-order valence-corrected chi connectivity index (χ1v) is 7.43. The van der Waals surface area contributed by atoms with Gasteiger partial charge < -0.3 is 10.8 Å². The molecule has 3 N–H and O–H groups in total. The molecule has 112 valence electrons. The first-order valence-electron chi connectivity index (χ1n) is 5.99. The number of aliphatic hydroxyl groups is 1. The van der Waals surface area contributed by atoms with Crippen LogP contribution in [0.2, 0.25) is 0 Å². The maximum absolute atomic E-state index is 12.4. The number of benzene rings is 1. The molecular weight excluding hydrogens is 286 g/mol. The number of anilines is 1. The molecule has 20 heavy (non-hydrogen) atoms. The second kappa shape index (κ2) is 6.64. The smallest absolute Gasteiger partial charge is 0.271 e. The van der Waals surface area contributed by atoms with E-state index in [9.17, 15) is 18.5 Å². The topological polar surface area (TPSA) is 127 Å². The Morgan fingerprint density at radius 1 is 1.45 bits per heavy atom. The molecule has 8 nitrogen and oxygen atoms in total. The fourth-order valence-electron chi connectivity index (χ4n) is 1.72. The van der Waals surface area contributed by atoms with Crippen molar-refractivity contribution < 1.29 is 18.4 Å². The molecule has 0 radical (unpaired) electrons. The van der Waals surface area contributed by atoms with Crippen LogP contribution in [0.15, 0.2) is 23.1 Å². The first-order chi connectivity index (χ1) is 9.34. The fourth-order valence-corrected chi connectivity index (χ4v) is 3.30. The van der Waals surface area contributed by atoms with Gasteiger partial charge in [-0.1, -0.05) is 6.92 Å². The SMILES string of the molecule is CCN(CCCO)S(=O)(=O)c1ccc([N+](=O)[O-])cc1N. The molecule has 0 aliphatic rings. The Hall–Kier alpha value is -1.71. The predicted octanol–water partition coefficient (Wildman–Crippen LogP) is 0.570. The van der Waals surface area contributed by atoms with Crippen LogP contribution in [0.3, 0.4) is 0 Å². The number of aliphatic hydroxyl groups excluding tert-OH is 1. The summed E-state index contributed by atoms with van der Waals surface area (Å²) in [6, 6.07) is 3.25. The normalized spacial score (nSPS) is 11.8. The summed E-state index contributed by atoms with van der Waals surface area (Å²) in [5, 5.41) is 19.4. The average molecular weight is 303 g/mol. The van der Waals surface area contributed by atoms with Crippen LogP contribution in [0.5, 0.6) is 0 Å². The molecule has 0 aromatic heterocycles. The number of nitrogens with zero attached hydrogens (tertiary/aromatic N) is 2. The Morgan fingerprint density at radius 2 is 2.10 bits per heavy atom. The van der Waals surface area contributed by atoms with Gasteiger partial charge in [-0.05, 0) is 12.5 Å². The zero-order chi connectivity index (χ0) is 15.3. The minimum absolute atomic E-state index is 0.123. The molecule has 0 unspecified atom stereocenters. The lowest BCUT2D eigenvalue weighted by atomic mass is 10.3. The van der Waals surface area contributed by atoms with Gasteiger partial charge in [0.1, 0.15) is 4.90 Å². The third-order valence-electron chi connectivity index (χ3n) is 2.74. The van der Waals surface area contributed by atoms with Gasteiger partial charge in [0.05, 0.1) is 10.6 Å². The Kier molecular flexibility index (Phi) is 5.43. The van der Waals surface area contributed by atoms with Gasteiger partial charge in [0.15, 0.2) is 0 Å². The molecule has 0 saturated carbocycles. The summed E-state index contributed by atoms with van der Waals surface area (Å²) >= 11 is 0. The number of rotatable bonds is 7. The molecule has 0 spiro atoms. The van der Waals surface area contributed by atoms with Gasteiger partial charge in [-0.25, -0.2) is 8.42 Å². The zero-order valence-electron chi connectivity index (χ0n) is 11.0. The summed E-state index contributed by atoms with van der Waals surface area (Å²) in [6.45, 7) is 1.92. The van der Waals surface area contributed by atoms with Crippen LogP contribution in [-0.2, 0) is 10.0 Å².